The first kappa shape index (κ1) is 14.9. The number of aromatic nitrogens is 1. The van der Waals surface area contributed by atoms with Gasteiger partial charge in [0.25, 0.3) is 0 Å². The molecule has 0 radical (unpaired) electrons. The van der Waals surface area contributed by atoms with Crippen LogP contribution in [0.4, 0.5) is 0 Å². The van der Waals surface area contributed by atoms with Gasteiger partial charge in [0.1, 0.15) is 5.41 Å². The van der Waals surface area contributed by atoms with Crippen LogP contribution < -0.4 is 5.32 Å². The van der Waals surface area contributed by atoms with Gasteiger partial charge in [0.2, 0.25) is 17.5 Å². The Morgan fingerprint density at radius 2 is 1.95 bits per heavy atom. The first-order valence-corrected chi connectivity index (χ1v) is 7.54. The van der Waals surface area contributed by atoms with E-state index < -0.39 is 22.0 Å². The van der Waals surface area contributed by atoms with Crippen molar-refractivity contribution in [2.24, 2.45) is 16.2 Å². The van der Waals surface area contributed by atoms with E-state index in [1.807, 2.05) is 26.8 Å². The van der Waals surface area contributed by atoms with E-state index in [1.54, 1.807) is 18.5 Å². The van der Waals surface area contributed by atoms with Crippen molar-refractivity contribution in [2.45, 2.75) is 40.2 Å². The molecule has 3 rings (SSSR count). The first-order valence-electron chi connectivity index (χ1n) is 7.54. The van der Waals surface area contributed by atoms with Gasteiger partial charge >= 0.3 is 0 Å². The minimum absolute atomic E-state index is 0.308. The summed E-state index contributed by atoms with van der Waals surface area (Å²) < 4.78 is 0. The topological polar surface area (TPSA) is 76.1 Å². The molecule has 2 saturated carbocycles. The second-order valence-electron chi connectivity index (χ2n) is 7.06. The van der Waals surface area contributed by atoms with Gasteiger partial charge in [-0.15, -0.1) is 0 Å². The zero-order chi connectivity index (χ0) is 16.2. The Labute approximate surface area is 129 Å². The SMILES string of the molecule is CC1(C)[C@]2(C(=O)NCc3cccnc3)CC[C@]1(C)C(=O)C2=O. The van der Waals surface area contributed by atoms with Gasteiger partial charge in [-0.3, -0.25) is 19.4 Å². The number of hydrogen-bond acceptors (Lipinski definition) is 4. The van der Waals surface area contributed by atoms with E-state index >= 15 is 0 Å². The molecule has 1 heterocycles. The highest BCUT2D eigenvalue weighted by Gasteiger charge is 2.77. The predicted molar refractivity (Wildman–Crippen MR) is 79.7 cm³/mol. The smallest absolute Gasteiger partial charge is 0.235 e. The molecule has 0 aromatic carbocycles. The average Bonchev–Trinajstić information content (AvgIpc) is 2.78. The zero-order valence-corrected chi connectivity index (χ0v) is 13.1. The Bertz CT molecular complexity index is 668. The number of rotatable bonds is 3. The molecule has 0 unspecified atom stereocenters. The molecule has 1 N–H and O–H groups in total. The summed E-state index contributed by atoms with van der Waals surface area (Å²) in [5.41, 5.74) is -1.74. The van der Waals surface area contributed by atoms with Gasteiger partial charge in [0.15, 0.2) is 0 Å². The second-order valence-corrected chi connectivity index (χ2v) is 7.06. The first-order chi connectivity index (χ1) is 10.3. The van der Waals surface area contributed by atoms with Crippen LogP contribution in [0, 0.1) is 16.2 Å². The van der Waals surface area contributed by atoms with Gasteiger partial charge in [-0.1, -0.05) is 26.8 Å². The predicted octanol–water partition coefficient (Wildman–Crippen LogP) is 1.66. The number of amides is 1. The number of carbonyl (C=O) groups is 3. The maximum atomic E-state index is 12.8. The van der Waals surface area contributed by atoms with E-state index in [0.717, 1.165) is 5.56 Å². The number of fused-ring (bicyclic) bond motifs is 2. The summed E-state index contributed by atoms with van der Waals surface area (Å²) in [5.74, 6) is -1.24. The van der Waals surface area contributed by atoms with Crippen molar-refractivity contribution in [2.75, 3.05) is 0 Å². The molecule has 1 amide bonds. The molecule has 2 bridgehead atoms. The van der Waals surface area contributed by atoms with Crippen molar-refractivity contribution in [3.63, 3.8) is 0 Å². The third kappa shape index (κ3) is 1.54. The van der Waals surface area contributed by atoms with E-state index in [-0.39, 0.29) is 11.7 Å². The fourth-order valence-corrected chi connectivity index (χ4v) is 4.11. The van der Waals surface area contributed by atoms with E-state index in [4.69, 9.17) is 0 Å². The Morgan fingerprint density at radius 1 is 1.23 bits per heavy atom. The van der Waals surface area contributed by atoms with Gasteiger partial charge in [-0.05, 0) is 29.9 Å². The molecule has 2 aliphatic rings. The molecule has 2 atom stereocenters. The monoisotopic (exact) mass is 300 g/mol. The standard InChI is InChI=1S/C17H20N2O3/c1-15(2)16(3)6-7-17(15,13(21)12(16)20)14(22)19-10-11-5-4-8-18-9-11/h4-5,8-9H,6-7,10H2,1-3H3,(H,19,22)/t16-,17-/m1/s1. The molecule has 2 fully saturated rings. The van der Waals surface area contributed by atoms with Crippen LogP contribution in [0.5, 0.6) is 0 Å². The highest BCUT2D eigenvalue weighted by atomic mass is 16.2. The minimum Gasteiger partial charge on any atom is -0.351 e. The van der Waals surface area contributed by atoms with Crippen LogP contribution in [-0.2, 0) is 20.9 Å². The normalized spacial score (nSPS) is 32.3. The van der Waals surface area contributed by atoms with Crippen molar-refractivity contribution in [1.82, 2.24) is 10.3 Å². The van der Waals surface area contributed by atoms with Crippen LogP contribution in [0.1, 0.15) is 39.2 Å². The fourth-order valence-electron chi connectivity index (χ4n) is 4.11. The Hall–Kier alpha value is -2.04. The molecule has 22 heavy (non-hydrogen) atoms. The second kappa shape index (κ2) is 4.48. The van der Waals surface area contributed by atoms with Crippen molar-refractivity contribution in [3.8, 4) is 0 Å². The summed E-state index contributed by atoms with van der Waals surface area (Å²) in [4.78, 5) is 41.7. The van der Waals surface area contributed by atoms with Crippen LogP contribution in [0.3, 0.4) is 0 Å². The van der Waals surface area contributed by atoms with Gasteiger partial charge in [0, 0.05) is 24.4 Å². The third-order valence-electron chi connectivity index (χ3n) is 6.10. The van der Waals surface area contributed by atoms with Crippen molar-refractivity contribution < 1.29 is 14.4 Å². The van der Waals surface area contributed by atoms with Crippen LogP contribution in [0.15, 0.2) is 24.5 Å². The van der Waals surface area contributed by atoms with Crippen molar-refractivity contribution in [1.29, 1.82) is 0 Å². The summed E-state index contributed by atoms with van der Waals surface area (Å²) >= 11 is 0. The number of Topliss-reactive ketones (excluding diaryl/α,β-unsaturated/α-hetero) is 2. The molecule has 1 aromatic rings. The van der Waals surface area contributed by atoms with Gasteiger partial charge in [0.05, 0.1) is 0 Å². The lowest BCUT2D eigenvalue weighted by molar-refractivity contribution is -0.149. The largest absolute Gasteiger partial charge is 0.351 e. The number of hydrogen-bond donors (Lipinski definition) is 1. The molecule has 5 heteroatoms. The number of nitrogens with one attached hydrogen (secondary N) is 1. The minimum atomic E-state index is -1.22. The number of carbonyl (C=O) groups excluding carboxylic acids is 3. The van der Waals surface area contributed by atoms with Crippen LogP contribution in [0.25, 0.3) is 0 Å². The molecular weight excluding hydrogens is 280 g/mol. The molecule has 5 nitrogen and oxygen atoms in total. The van der Waals surface area contributed by atoms with E-state index in [9.17, 15) is 14.4 Å². The van der Waals surface area contributed by atoms with E-state index in [1.165, 1.54) is 0 Å². The Balaban J connectivity index is 1.88. The molecule has 1 aromatic heterocycles. The molecule has 116 valence electrons. The van der Waals surface area contributed by atoms with Crippen LogP contribution >= 0.6 is 0 Å². The lowest BCUT2D eigenvalue weighted by Crippen LogP contribution is -2.50. The highest BCUT2D eigenvalue weighted by molar-refractivity contribution is 6.48. The Morgan fingerprint density at radius 3 is 2.50 bits per heavy atom. The molecule has 2 aliphatic carbocycles. The lowest BCUT2D eigenvalue weighted by atomic mass is 9.64. The van der Waals surface area contributed by atoms with Crippen molar-refractivity contribution >= 4 is 17.5 Å². The molecular formula is C17H20N2O3. The summed E-state index contributed by atoms with van der Waals surface area (Å²) in [6.45, 7) is 5.86. The lowest BCUT2D eigenvalue weighted by Gasteiger charge is -2.37. The molecule has 0 saturated heterocycles. The maximum absolute atomic E-state index is 12.8. The van der Waals surface area contributed by atoms with Crippen LogP contribution in [0.2, 0.25) is 0 Å². The summed E-state index contributed by atoms with van der Waals surface area (Å²) in [6, 6.07) is 3.65. The van der Waals surface area contributed by atoms with Crippen LogP contribution in [-0.4, -0.2) is 22.5 Å². The molecule has 0 aliphatic heterocycles. The van der Waals surface area contributed by atoms with Gasteiger partial charge in [-0.25, -0.2) is 0 Å². The van der Waals surface area contributed by atoms with Gasteiger partial charge in [-0.2, -0.15) is 0 Å². The Kier molecular flexibility index (Phi) is 3.03. The third-order valence-corrected chi connectivity index (χ3v) is 6.10. The average molecular weight is 300 g/mol. The summed E-state index contributed by atoms with van der Waals surface area (Å²) in [7, 11) is 0. The fraction of sp³-hybridized carbons (Fsp3) is 0.529. The summed E-state index contributed by atoms with van der Waals surface area (Å²) in [5, 5.41) is 2.83. The number of pyridine rings is 1. The van der Waals surface area contributed by atoms with Crippen molar-refractivity contribution in [3.05, 3.63) is 30.1 Å². The van der Waals surface area contributed by atoms with Gasteiger partial charge < -0.3 is 5.32 Å². The maximum Gasteiger partial charge on any atom is 0.235 e. The van der Waals surface area contributed by atoms with E-state index in [0.29, 0.717) is 19.4 Å². The summed E-state index contributed by atoms with van der Waals surface area (Å²) in [6.07, 6.45) is 4.36. The highest BCUT2D eigenvalue weighted by Crippen LogP contribution is 2.68. The molecule has 0 spiro atoms. The number of ketones is 2. The zero-order valence-electron chi connectivity index (χ0n) is 13.1. The number of nitrogens with zero attached hydrogens (tertiary/aromatic N) is 1. The quantitative estimate of drug-likeness (QED) is 0.680. The van der Waals surface area contributed by atoms with E-state index in [2.05, 4.69) is 10.3 Å².